The highest BCUT2D eigenvalue weighted by Crippen LogP contribution is 2.35. The minimum atomic E-state index is 0.666. The molecule has 3 atom stereocenters. The van der Waals surface area contributed by atoms with Gasteiger partial charge in [0.05, 0.1) is 6.61 Å². The second-order valence-corrected chi connectivity index (χ2v) is 7.33. The first kappa shape index (κ1) is 13.3. The number of hydrogen-bond acceptors (Lipinski definition) is 4. The van der Waals surface area contributed by atoms with E-state index in [4.69, 9.17) is 4.74 Å². The lowest BCUT2D eigenvalue weighted by molar-refractivity contribution is 0.0918. The third-order valence-corrected chi connectivity index (χ3v) is 5.54. The van der Waals surface area contributed by atoms with Gasteiger partial charge in [-0.2, -0.15) is 0 Å². The highest BCUT2D eigenvalue weighted by Gasteiger charge is 2.44. The molecule has 4 nitrogen and oxygen atoms in total. The lowest BCUT2D eigenvalue weighted by atomic mass is 10.1. The van der Waals surface area contributed by atoms with Crippen molar-refractivity contribution in [2.45, 2.75) is 37.4 Å². The van der Waals surface area contributed by atoms with Crippen LogP contribution in [0.4, 0.5) is 5.82 Å². The molecule has 4 rings (SSSR count). The second-order valence-electron chi connectivity index (χ2n) is 6.09. The molecule has 0 radical (unpaired) electrons. The van der Waals surface area contributed by atoms with Crippen molar-refractivity contribution >= 4 is 28.4 Å². The molecule has 4 heterocycles. The summed E-state index contributed by atoms with van der Waals surface area (Å²) in [6, 6.07) is 6.37. The predicted octanol–water partition coefficient (Wildman–Crippen LogP) is 2.13. The van der Waals surface area contributed by atoms with Crippen molar-refractivity contribution in [1.82, 2.24) is 9.88 Å². The van der Waals surface area contributed by atoms with Crippen LogP contribution in [0.5, 0.6) is 0 Å². The van der Waals surface area contributed by atoms with Crippen LogP contribution in [0.15, 0.2) is 18.3 Å². The molecule has 3 saturated heterocycles. The molecule has 5 heteroatoms. The van der Waals surface area contributed by atoms with E-state index in [2.05, 4.69) is 49.5 Å². The summed E-state index contributed by atoms with van der Waals surface area (Å²) in [6.07, 6.45) is 5.85. The van der Waals surface area contributed by atoms with Crippen LogP contribution < -0.4 is 4.90 Å². The molecule has 20 heavy (non-hydrogen) atoms. The van der Waals surface area contributed by atoms with Crippen molar-refractivity contribution in [3.63, 3.8) is 0 Å². The Hall–Kier alpha value is -0.400. The van der Waals surface area contributed by atoms with Gasteiger partial charge in [-0.15, -0.1) is 0 Å². The standard InChI is InChI=1S/C15H20IN3O/c16-11-1-4-15(17-7-11)18-8-12-2-3-13(9-18)19(12)14-5-6-20-10-14/h1,4,7,12-14H,2-3,5-6,8-10H2/t12?,13?,14-/m1/s1. The zero-order valence-corrected chi connectivity index (χ0v) is 13.7. The second kappa shape index (κ2) is 5.42. The van der Waals surface area contributed by atoms with Crippen LogP contribution in [-0.4, -0.2) is 54.3 Å². The van der Waals surface area contributed by atoms with Gasteiger partial charge in [0.2, 0.25) is 0 Å². The Balaban J connectivity index is 1.51. The highest BCUT2D eigenvalue weighted by atomic mass is 127. The van der Waals surface area contributed by atoms with Gasteiger partial charge in [-0.05, 0) is 54.0 Å². The minimum Gasteiger partial charge on any atom is -0.380 e. The lowest BCUT2D eigenvalue weighted by Crippen LogP contribution is -2.57. The fourth-order valence-electron chi connectivity index (χ4n) is 4.03. The number of fused-ring (bicyclic) bond motifs is 2. The molecule has 0 N–H and O–H groups in total. The number of hydrogen-bond donors (Lipinski definition) is 0. The van der Waals surface area contributed by atoms with Crippen molar-refractivity contribution in [2.24, 2.45) is 0 Å². The van der Waals surface area contributed by atoms with Gasteiger partial charge in [-0.1, -0.05) is 0 Å². The summed E-state index contributed by atoms with van der Waals surface area (Å²) < 4.78 is 6.80. The van der Waals surface area contributed by atoms with Crippen LogP contribution in [0.25, 0.3) is 0 Å². The molecule has 3 aliphatic heterocycles. The third-order valence-electron chi connectivity index (χ3n) is 4.90. The van der Waals surface area contributed by atoms with E-state index in [1.807, 2.05) is 6.20 Å². The van der Waals surface area contributed by atoms with Gasteiger partial charge in [-0.3, -0.25) is 4.90 Å². The lowest BCUT2D eigenvalue weighted by Gasteiger charge is -2.44. The zero-order valence-electron chi connectivity index (χ0n) is 11.5. The first-order valence-electron chi connectivity index (χ1n) is 7.53. The number of piperazine rings is 1. The monoisotopic (exact) mass is 385 g/mol. The van der Waals surface area contributed by atoms with Crippen LogP contribution in [0.3, 0.4) is 0 Å². The van der Waals surface area contributed by atoms with E-state index in [0.29, 0.717) is 18.1 Å². The van der Waals surface area contributed by atoms with Crippen molar-refractivity contribution < 1.29 is 4.74 Å². The van der Waals surface area contributed by atoms with Crippen LogP contribution in [0, 0.1) is 3.57 Å². The first-order chi connectivity index (χ1) is 9.81. The van der Waals surface area contributed by atoms with E-state index in [1.165, 1.54) is 22.8 Å². The summed E-state index contributed by atoms with van der Waals surface area (Å²) in [4.78, 5) is 9.83. The van der Waals surface area contributed by atoms with Gasteiger partial charge in [0.15, 0.2) is 0 Å². The first-order valence-corrected chi connectivity index (χ1v) is 8.61. The van der Waals surface area contributed by atoms with Crippen LogP contribution in [0.1, 0.15) is 19.3 Å². The fraction of sp³-hybridized carbons (Fsp3) is 0.667. The maximum Gasteiger partial charge on any atom is 0.128 e. The van der Waals surface area contributed by atoms with Crippen molar-refractivity contribution in [1.29, 1.82) is 0 Å². The summed E-state index contributed by atoms with van der Waals surface area (Å²) in [7, 11) is 0. The van der Waals surface area contributed by atoms with Crippen LogP contribution in [0.2, 0.25) is 0 Å². The van der Waals surface area contributed by atoms with Gasteiger partial charge in [0, 0.05) is 47.6 Å². The number of anilines is 1. The molecule has 0 aromatic carbocycles. The van der Waals surface area contributed by atoms with Gasteiger partial charge in [0.1, 0.15) is 5.82 Å². The number of aromatic nitrogens is 1. The maximum absolute atomic E-state index is 5.59. The number of nitrogens with zero attached hydrogens (tertiary/aromatic N) is 3. The van der Waals surface area contributed by atoms with E-state index >= 15 is 0 Å². The molecule has 3 aliphatic rings. The maximum atomic E-state index is 5.59. The van der Waals surface area contributed by atoms with E-state index in [1.54, 1.807) is 0 Å². The third kappa shape index (κ3) is 2.33. The molecule has 0 amide bonds. The SMILES string of the molecule is Ic1ccc(N2CC3CCC(C2)N3[C@@H]2CCOC2)nc1. The van der Waals surface area contributed by atoms with Crippen LogP contribution in [-0.2, 0) is 4.74 Å². The van der Waals surface area contributed by atoms with Gasteiger partial charge >= 0.3 is 0 Å². The van der Waals surface area contributed by atoms with Crippen molar-refractivity contribution in [3.05, 3.63) is 21.9 Å². The molecule has 3 fully saturated rings. The average Bonchev–Trinajstić information content (AvgIpc) is 3.05. The normalized spacial score (nSPS) is 33.9. The summed E-state index contributed by atoms with van der Waals surface area (Å²) in [6.45, 7) is 4.14. The Labute approximate surface area is 133 Å². The zero-order chi connectivity index (χ0) is 13.5. The molecular formula is C15H20IN3O. The Morgan fingerprint density at radius 2 is 1.90 bits per heavy atom. The Kier molecular flexibility index (Phi) is 3.60. The Morgan fingerprint density at radius 1 is 1.10 bits per heavy atom. The minimum absolute atomic E-state index is 0.666. The Morgan fingerprint density at radius 3 is 2.50 bits per heavy atom. The molecular weight excluding hydrogens is 365 g/mol. The molecule has 0 aliphatic carbocycles. The molecule has 0 spiro atoms. The predicted molar refractivity (Wildman–Crippen MR) is 87.0 cm³/mol. The summed E-state index contributed by atoms with van der Waals surface area (Å²) in [5.74, 6) is 1.14. The van der Waals surface area contributed by atoms with E-state index in [9.17, 15) is 0 Å². The molecule has 1 aromatic rings. The summed E-state index contributed by atoms with van der Waals surface area (Å²) in [5, 5.41) is 0. The van der Waals surface area contributed by atoms with Gasteiger partial charge < -0.3 is 9.64 Å². The number of pyridine rings is 1. The number of ether oxygens (including phenoxy) is 1. The smallest absolute Gasteiger partial charge is 0.128 e. The van der Waals surface area contributed by atoms with E-state index < -0.39 is 0 Å². The van der Waals surface area contributed by atoms with Gasteiger partial charge in [0.25, 0.3) is 0 Å². The highest BCUT2D eigenvalue weighted by molar-refractivity contribution is 14.1. The topological polar surface area (TPSA) is 28.6 Å². The largest absolute Gasteiger partial charge is 0.380 e. The summed E-state index contributed by atoms with van der Waals surface area (Å²) in [5.41, 5.74) is 0. The number of rotatable bonds is 2. The quantitative estimate of drug-likeness (QED) is 0.730. The van der Waals surface area contributed by atoms with Crippen molar-refractivity contribution in [3.8, 4) is 0 Å². The summed E-state index contributed by atoms with van der Waals surface area (Å²) >= 11 is 2.31. The average molecular weight is 385 g/mol. The van der Waals surface area contributed by atoms with Crippen LogP contribution >= 0.6 is 22.6 Å². The molecule has 108 valence electrons. The van der Waals surface area contributed by atoms with E-state index in [0.717, 1.165) is 32.1 Å². The Bertz CT molecular complexity index is 461. The molecule has 2 bridgehead atoms. The molecule has 0 saturated carbocycles. The molecule has 1 aromatic heterocycles. The molecule has 2 unspecified atom stereocenters. The number of halogens is 1. The van der Waals surface area contributed by atoms with E-state index in [-0.39, 0.29) is 0 Å². The van der Waals surface area contributed by atoms with Crippen molar-refractivity contribution in [2.75, 3.05) is 31.2 Å². The van der Waals surface area contributed by atoms with Gasteiger partial charge in [-0.25, -0.2) is 4.98 Å². The fourth-order valence-corrected chi connectivity index (χ4v) is 4.35.